The Morgan fingerprint density at radius 1 is 1.53 bits per heavy atom. The Morgan fingerprint density at radius 2 is 2.26 bits per heavy atom. The summed E-state index contributed by atoms with van der Waals surface area (Å²) in [5.41, 5.74) is 11.0. The van der Waals surface area contributed by atoms with E-state index in [0.29, 0.717) is 23.1 Å². The minimum atomic E-state index is -0.356. The summed E-state index contributed by atoms with van der Waals surface area (Å²) in [6.07, 6.45) is 1.51. The van der Waals surface area contributed by atoms with E-state index in [0.717, 1.165) is 12.8 Å². The van der Waals surface area contributed by atoms with Crippen LogP contribution in [0.3, 0.4) is 0 Å². The van der Waals surface area contributed by atoms with E-state index < -0.39 is 0 Å². The van der Waals surface area contributed by atoms with E-state index in [1.54, 1.807) is 11.9 Å². The number of nitrogens with zero attached hydrogens (tertiary/aromatic N) is 2. The van der Waals surface area contributed by atoms with E-state index in [1.807, 2.05) is 0 Å². The molecule has 1 aromatic heterocycles. The molecule has 19 heavy (non-hydrogen) atoms. The van der Waals surface area contributed by atoms with E-state index in [2.05, 4.69) is 10.3 Å². The largest absolute Gasteiger partial charge is 0.382 e. The zero-order valence-corrected chi connectivity index (χ0v) is 11.5. The molecule has 1 atom stereocenters. The highest BCUT2D eigenvalue weighted by Gasteiger charge is 2.29. The van der Waals surface area contributed by atoms with Gasteiger partial charge in [-0.25, -0.2) is 4.98 Å². The number of primary amides is 1. The third kappa shape index (κ3) is 2.78. The average Bonchev–Trinajstić information content (AvgIpc) is 2.79. The first-order valence-electron chi connectivity index (χ1n) is 6.05. The molecule has 2 amide bonds. The molecule has 0 saturated carbocycles. The van der Waals surface area contributed by atoms with E-state index in [9.17, 15) is 9.59 Å². The topological polar surface area (TPSA) is 114 Å². The number of likely N-dealkylation sites (tertiary alicyclic amines) is 1. The molecule has 8 heteroatoms. The number of nitrogens with one attached hydrogen (secondary N) is 1. The summed E-state index contributed by atoms with van der Waals surface area (Å²) < 4.78 is 0. The fraction of sp³-hybridized carbons (Fsp3) is 0.545. The molecule has 0 aliphatic carbocycles. The second kappa shape index (κ2) is 5.43. The molecule has 104 valence electrons. The number of nitrogen functional groups attached to an aromatic ring is 1. The molecule has 1 aliphatic heterocycles. The SMILES string of the molecule is CNc1nc(N)c(C(=O)N2CCCC(C(N)=O)C2)s1. The van der Waals surface area contributed by atoms with Gasteiger partial charge in [-0.2, -0.15) is 0 Å². The Balaban J connectivity index is 2.14. The van der Waals surface area contributed by atoms with Crippen molar-refractivity contribution in [2.45, 2.75) is 12.8 Å². The van der Waals surface area contributed by atoms with E-state index in [-0.39, 0.29) is 23.6 Å². The summed E-state index contributed by atoms with van der Waals surface area (Å²) >= 11 is 1.22. The van der Waals surface area contributed by atoms with E-state index in [1.165, 1.54) is 11.3 Å². The van der Waals surface area contributed by atoms with Crippen LogP contribution >= 0.6 is 11.3 Å². The molecule has 7 nitrogen and oxygen atoms in total. The summed E-state index contributed by atoms with van der Waals surface area (Å²) in [6.45, 7) is 0.981. The third-order valence-electron chi connectivity index (χ3n) is 3.17. The van der Waals surface area contributed by atoms with Crippen LogP contribution in [0.5, 0.6) is 0 Å². The fourth-order valence-electron chi connectivity index (χ4n) is 2.13. The lowest BCUT2D eigenvalue weighted by Gasteiger charge is -2.30. The molecular formula is C11H17N5O2S. The Morgan fingerprint density at radius 3 is 2.84 bits per heavy atom. The van der Waals surface area contributed by atoms with Gasteiger partial charge in [-0.05, 0) is 12.8 Å². The molecule has 1 fully saturated rings. The number of piperidine rings is 1. The summed E-state index contributed by atoms with van der Waals surface area (Å²) in [7, 11) is 1.72. The molecule has 1 aliphatic rings. The van der Waals surface area contributed by atoms with Crippen molar-refractivity contribution in [3.63, 3.8) is 0 Å². The van der Waals surface area contributed by atoms with Gasteiger partial charge >= 0.3 is 0 Å². The predicted octanol–water partition coefficient (Wildman–Crippen LogP) is 0.105. The van der Waals surface area contributed by atoms with Crippen molar-refractivity contribution in [1.82, 2.24) is 9.88 Å². The molecule has 1 unspecified atom stereocenters. The quantitative estimate of drug-likeness (QED) is 0.728. The number of amides is 2. The van der Waals surface area contributed by atoms with Gasteiger partial charge in [-0.1, -0.05) is 11.3 Å². The first kappa shape index (κ1) is 13.6. The second-order valence-corrected chi connectivity index (χ2v) is 5.48. The highest BCUT2D eigenvalue weighted by Crippen LogP contribution is 2.27. The van der Waals surface area contributed by atoms with Crippen molar-refractivity contribution in [2.24, 2.45) is 11.7 Å². The summed E-state index contributed by atoms with van der Waals surface area (Å²) in [5, 5.41) is 3.46. The highest BCUT2D eigenvalue weighted by atomic mass is 32.1. The Bertz CT molecular complexity index is 501. The molecule has 1 aromatic rings. The number of nitrogens with two attached hydrogens (primary N) is 2. The number of hydrogen-bond acceptors (Lipinski definition) is 6. The molecule has 0 bridgehead atoms. The summed E-state index contributed by atoms with van der Waals surface area (Å²) in [4.78, 5) is 29.7. The van der Waals surface area contributed by atoms with E-state index >= 15 is 0 Å². The third-order valence-corrected chi connectivity index (χ3v) is 4.25. The van der Waals surface area contributed by atoms with Crippen molar-refractivity contribution in [3.8, 4) is 0 Å². The Hall–Kier alpha value is -1.83. The van der Waals surface area contributed by atoms with Crippen LogP contribution in [0.25, 0.3) is 0 Å². The van der Waals surface area contributed by atoms with Gasteiger partial charge in [-0.15, -0.1) is 0 Å². The van der Waals surface area contributed by atoms with Crippen LogP contribution < -0.4 is 16.8 Å². The lowest BCUT2D eigenvalue weighted by atomic mass is 9.97. The first-order chi connectivity index (χ1) is 9.02. The second-order valence-electron chi connectivity index (χ2n) is 4.48. The monoisotopic (exact) mass is 283 g/mol. The maximum absolute atomic E-state index is 12.4. The average molecular weight is 283 g/mol. The Labute approximate surface area is 115 Å². The number of aromatic nitrogens is 1. The van der Waals surface area contributed by atoms with Gasteiger partial charge < -0.3 is 21.7 Å². The molecule has 2 heterocycles. The van der Waals surface area contributed by atoms with E-state index in [4.69, 9.17) is 11.5 Å². The van der Waals surface area contributed by atoms with Gasteiger partial charge in [-0.3, -0.25) is 9.59 Å². The number of anilines is 2. The minimum absolute atomic E-state index is 0.178. The summed E-state index contributed by atoms with van der Waals surface area (Å²) in [5.74, 6) is -0.579. The molecular weight excluding hydrogens is 266 g/mol. The zero-order chi connectivity index (χ0) is 14.0. The van der Waals surface area contributed by atoms with Crippen molar-refractivity contribution in [1.29, 1.82) is 0 Å². The molecule has 1 saturated heterocycles. The van der Waals surface area contributed by atoms with Gasteiger partial charge in [0.05, 0.1) is 5.92 Å². The van der Waals surface area contributed by atoms with Gasteiger partial charge in [0, 0.05) is 20.1 Å². The number of thiazole rings is 1. The van der Waals surface area contributed by atoms with Crippen LogP contribution in [-0.4, -0.2) is 41.8 Å². The normalized spacial score (nSPS) is 19.2. The number of rotatable bonds is 3. The fourth-order valence-corrected chi connectivity index (χ4v) is 2.94. The maximum atomic E-state index is 12.4. The van der Waals surface area contributed by atoms with Crippen LogP contribution in [-0.2, 0) is 4.79 Å². The minimum Gasteiger partial charge on any atom is -0.382 e. The first-order valence-corrected chi connectivity index (χ1v) is 6.87. The van der Waals surface area contributed by atoms with Crippen molar-refractivity contribution in [3.05, 3.63) is 4.88 Å². The van der Waals surface area contributed by atoms with Crippen molar-refractivity contribution in [2.75, 3.05) is 31.2 Å². The van der Waals surface area contributed by atoms with Crippen LogP contribution in [0.15, 0.2) is 0 Å². The predicted molar refractivity (Wildman–Crippen MR) is 73.9 cm³/mol. The molecule has 5 N–H and O–H groups in total. The van der Waals surface area contributed by atoms with Gasteiger partial charge in [0.2, 0.25) is 5.91 Å². The van der Waals surface area contributed by atoms with Crippen LogP contribution in [0.4, 0.5) is 10.9 Å². The van der Waals surface area contributed by atoms with Gasteiger partial charge in [0.1, 0.15) is 10.7 Å². The maximum Gasteiger partial charge on any atom is 0.267 e. The van der Waals surface area contributed by atoms with Crippen LogP contribution in [0.1, 0.15) is 22.5 Å². The number of carbonyl (C=O) groups excluding carboxylic acids is 2. The smallest absolute Gasteiger partial charge is 0.267 e. The van der Waals surface area contributed by atoms with Crippen LogP contribution in [0, 0.1) is 5.92 Å². The molecule has 0 aromatic carbocycles. The number of hydrogen-bond donors (Lipinski definition) is 3. The number of carbonyl (C=O) groups is 2. The highest BCUT2D eigenvalue weighted by molar-refractivity contribution is 7.18. The standard InChI is InChI=1S/C11H17N5O2S/c1-14-11-15-8(12)7(19-11)10(18)16-4-2-3-6(5-16)9(13)17/h6H,2-5,12H2,1H3,(H2,13,17)(H,14,15). The van der Waals surface area contributed by atoms with Crippen LogP contribution in [0.2, 0.25) is 0 Å². The molecule has 2 rings (SSSR count). The van der Waals surface area contributed by atoms with Gasteiger partial charge in [0.25, 0.3) is 5.91 Å². The van der Waals surface area contributed by atoms with Crippen molar-refractivity contribution >= 4 is 34.1 Å². The van der Waals surface area contributed by atoms with Gasteiger partial charge in [0.15, 0.2) is 5.13 Å². The summed E-state index contributed by atoms with van der Waals surface area (Å²) in [6, 6.07) is 0. The van der Waals surface area contributed by atoms with Crippen molar-refractivity contribution < 1.29 is 9.59 Å². The molecule has 0 spiro atoms. The molecule has 0 radical (unpaired) electrons. The zero-order valence-electron chi connectivity index (χ0n) is 10.7. The lowest BCUT2D eigenvalue weighted by molar-refractivity contribution is -0.123. The lowest BCUT2D eigenvalue weighted by Crippen LogP contribution is -2.44. The Kier molecular flexibility index (Phi) is 3.89.